The number of halogens is 3. The lowest BCUT2D eigenvalue weighted by Gasteiger charge is -2.32. The molecule has 4 rings (SSSR count). The normalized spacial score (nSPS) is 18.6. The van der Waals surface area contributed by atoms with Crippen LogP contribution in [0.25, 0.3) is 0 Å². The second-order valence-corrected chi connectivity index (χ2v) is 9.70. The van der Waals surface area contributed by atoms with E-state index in [4.69, 9.17) is 16.3 Å². The minimum Gasteiger partial charge on any atom is -0.490 e. The summed E-state index contributed by atoms with van der Waals surface area (Å²) < 4.78 is 61.8. The maximum atomic E-state index is 14.7. The third-order valence-corrected chi connectivity index (χ3v) is 7.02. The fourth-order valence-corrected chi connectivity index (χ4v) is 4.95. The Kier molecular flexibility index (Phi) is 7.06. The summed E-state index contributed by atoms with van der Waals surface area (Å²) in [7, 11) is -4.43. The zero-order valence-corrected chi connectivity index (χ0v) is 18.9. The molecule has 1 aliphatic rings. The van der Waals surface area contributed by atoms with Crippen molar-refractivity contribution in [3.8, 4) is 5.75 Å². The highest BCUT2D eigenvalue weighted by molar-refractivity contribution is 7.92. The number of aromatic nitrogens is 2. The van der Waals surface area contributed by atoms with E-state index in [9.17, 15) is 17.2 Å². The molecule has 0 aliphatic carbocycles. The molecule has 2 atom stereocenters. The number of nitrogens with one attached hydrogen (secondary N) is 2. The molecular weight excluding hydrogens is 474 g/mol. The van der Waals surface area contributed by atoms with Crippen molar-refractivity contribution in [2.24, 2.45) is 5.92 Å². The summed E-state index contributed by atoms with van der Waals surface area (Å²) in [5.74, 6) is -2.59. The maximum absolute atomic E-state index is 14.7. The topological polar surface area (TPSA) is 93.2 Å². The lowest BCUT2D eigenvalue weighted by molar-refractivity contribution is 0.190. The lowest BCUT2D eigenvalue weighted by atomic mass is 9.81. The van der Waals surface area contributed by atoms with Gasteiger partial charge in [0.1, 0.15) is 10.7 Å². The molecule has 0 radical (unpaired) electrons. The van der Waals surface area contributed by atoms with Gasteiger partial charge in [-0.15, -0.1) is 0 Å². The van der Waals surface area contributed by atoms with E-state index in [1.165, 1.54) is 18.5 Å². The molecule has 0 bridgehead atoms. The van der Waals surface area contributed by atoms with Crippen molar-refractivity contribution in [1.29, 1.82) is 0 Å². The molecule has 174 valence electrons. The summed E-state index contributed by atoms with van der Waals surface area (Å²) in [6.45, 7) is 1.60. The van der Waals surface area contributed by atoms with Gasteiger partial charge in [0, 0.05) is 42.0 Å². The van der Waals surface area contributed by atoms with Crippen LogP contribution in [0.5, 0.6) is 5.75 Å². The van der Waals surface area contributed by atoms with E-state index in [1.807, 2.05) is 29.0 Å². The Bertz CT molecular complexity index is 1210. The Balaban J connectivity index is 1.49. The molecule has 1 saturated heterocycles. The van der Waals surface area contributed by atoms with Crippen molar-refractivity contribution in [3.05, 3.63) is 77.1 Å². The molecule has 1 fully saturated rings. The number of sulfonamides is 1. The monoisotopic (exact) mass is 494 g/mol. The molecule has 33 heavy (non-hydrogen) atoms. The van der Waals surface area contributed by atoms with Gasteiger partial charge in [0.25, 0.3) is 10.0 Å². The van der Waals surface area contributed by atoms with Crippen LogP contribution in [0, 0.1) is 17.6 Å². The predicted molar refractivity (Wildman–Crippen MR) is 120 cm³/mol. The first-order valence-corrected chi connectivity index (χ1v) is 12.1. The van der Waals surface area contributed by atoms with Crippen molar-refractivity contribution in [3.63, 3.8) is 0 Å². The molecule has 0 spiro atoms. The first-order valence-electron chi connectivity index (χ1n) is 10.2. The molecule has 3 aromatic rings. The van der Waals surface area contributed by atoms with E-state index in [1.54, 1.807) is 0 Å². The first-order chi connectivity index (χ1) is 15.8. The fourth-order valence-electron chi connectivity index (χ4n) is 3.80. The molecule has 0 amide bonds. The van der Waals surface area contributed by atoms with Crippen molar-refractivity contribution in [2.45, 2.75) is 17.2 Å². The van der Waals surface area contributed by atoms with Crippen LogP contribution in [0.4, 0.5) is 14.7 Å². The van der Waals surface area contributed by atoms with Crippen molar-refractivity contribution >= 4 is 27.6 Å². The van der Waals surface area contributed by atoms with E-state index in [0.717, 1.165) is 24.6 Å². The molecule has 2 N–H and O–H groups in total. The third kappa shape index (κ3) is 5.58. The number of benzene rings is 2. The second kappa shape index (κ2) is 9.98. The van der Waals surface area contributed by atoms with Crippen LogP contribution in [0.2, 0.25) is 5.02 Å². The van der Waals surface area contributed by atoms with Crippen LogP contribution >= 0.6 is 11.6 Å². The van der Waals surface area contributed by atoms with Crippen LogP contribution in [-0.2, 0) is 10.0 Å². The quantitative estimate of drug-likeness (QED) is 0.516. The Morgan fingerprint density at radius 1 is 1.12 bits per heavy atom. The summed E-state index contributed by atoms with van der Waals surface area (Å²) in [5, 5.41) is 3.93. The molecule has 2 heterocycles. The fraction of sp³-hybridized carbons (Fsp3) is 0.273. The molecule has 11 heteroatoms. The highest BCUT2D eigenvalue weighted by Crippen LogP contribution is 2.33. The minimum absolute atomic E-state index is 0.00249. The lowest BCUT2D eigenvalue weighted by Crippen LogP contribution is -2.38. The zero-order valence-electron chi connectivity index (χ0n) is 17.3. The van der Waals surface area contributed by atoms with Gasteiger partial charge >= 0.3 is 0 Å². The number of ether oxygens (including phenoxy) is 1. The molecule has 0 saturated carbocycles. The van der Waals surface area contributed by atoms with E-state index < -0.39 is 26.6 Å². The van der Waals surface area contributed by atoms with Gasteiger partial charge in [-0.1, -0.05) is 23.7 Å². The first kappa shape index (κ1) is 23.3. The molecular formula is C22H21ClF2N4O3S. The molecule has 1 aromatic heterocycles. The summed E-state index contributed by atoms with van der Waals surface area (Å²) in [6.07, 6.45) is 3.49. The van der Waals surface area contributed by atoms with E-state index in [0.29, 0.717) is 17.6 Å². The average Bonchev–Trinajstić information content (AvgIpc) is 2.80. The van der Waals surface area contributed by atoms with Gasteiger partial charge in [-0.05, 0) is 42.6 Å². The van der Waals surface area contributed by atoms with Crippen LogP contribution < -0.4 is 14.8 Å². The van der Waals surface area contributed by atoms with Crippen LogP contribution in [-0.4, -0.2) is 38.1 Å². The van der Waals surface area contributed by atoms with Gasteiger partial charge < -0.3 is 10.1 Å². The molecule has 1 aliphatic heterocycles. The van der Waals surface area contributed by atoms with E-state index in [-0.39, 0.29) is 30.1 Å². The van der Waals surface area contributed by atoms with Gasteiger partial charge in [0.15, 0.2) is 11.6 Å². The minimum atomic E-state index is -4.43. The van der Waals surface area contributed by atoms with Gasteiger partial charge in [-0.2, -0.15) is 0 Å². The standard InChI is InChI=1S/C22H21ClF2N4O3S/c23-16-4-2-14(3-5-16)17-6-9-26-12-15(17)13-32-20-10-19(25)21(11-18(20)24)33(30,31)29-22-27-7-1-8-28-22/h1-5,7-8,10-11,15,17,26H,6,9,12-13H2,(H,27,28,29)/t15-,17?/m0/s1. The van der Waals surface area contributed by atoms with Crippen molar-refractivity contribution in [1.82, 2.24) is 15.3 Å². The molecule has 2 aromatic carbocycles. The number of anilines is 1. The van der Waals surface area contributed by atoms with E-state index >= 15 is 0 Å². The number of nitrogens with zero attached hydrogens (tertiary/aromatic N) is 2. The number of piperidine rings is 1. The summed E-state index contributed by atoms with van der Waals surface area (Å²) >= 11 is 5.98. The summed E-state index contributed by atoms with van der Waals surface area (Å²) in [6, 6.07) is 10.4. The number of rotatable bonds is 7. The predicted octanol–water partition coefficient (Wildman–Crippen LogP) is 3.98. The van der Waals surface area contributed by atoms with Gasteiger partial charge in [-0.25, -0.2) is 31.9 Å². The van der Waals surface area contributed by atoms with Crippen LogP contribution in [0.1, 0.15) is 17.9 Å². The largest absolute Gasteiger partial charge is 0.490 e. The summed E-state index contributed by atoms with van der Waals surface area (Å²) in [5.41, 5.74) is 1.09. The third-order valence-electron chi connectivity index (χ3n) is 5.43. The number of hydrogen-bond acceptors (Lipinski definition) is 6. The zero-order chi connectivity index (χ0) is 23.4. The number of hydrogen-bond donors (Lipinski definition) is 2. The van der Waals surface area contributed by atoms with Crippen molar-refractivity contribution < 1.29 is 21.9 Å². The highest BCUT2D eigenvalue weighted by atomic mass is 35.5. The molecule has 1 unspecified atom stereocenters. The Morgan fingerprint density at radius 2 is 1.85 bits per heavy atom. The van der Waals surface area contributed by atoms with Gasteiger partial charge in [-0.3, -0.25) is 0 Å². The Morgan fingerprint density at radius 3 is 2.58 bits per heavy atom. The smallest absolute Gasteiger partial charge is 0.267 e. The SMILES string of the molecule is O=S(=O)(Nc1ncccn1)c1cc(F)c(OC[C@@H]2CNCCC2c2ccc(Cl)cc2)cc1F. The molecule has 7 nitrogen and oxygen atoms in total. The van der Waals surface area contributed by atoms with Crippen LogP contribution in [0.15, 0.2) is 59.8 Å². The van der Waals surface area contributed by atoms with Gasteiger partial charge in [0.05, 0.1) is 6.61 Å². The second-order valence-electron chi connectivity index (χ2n) is 7.61. The Labute approximate surface area is 195 Å². The highest BCUT2D eigenvalue weighted by Gasteiger charge is 2.28. The Hall–Kier alpha value is -2.82. The van der Waals surface area contributed by atoms with Crippen LogP contribution in [0.3, 0.4) is 0 Å². The van der Waals surface area contributed by atoms with E-state index in [2.05, 4.69) is 15.3 Å². The van der Waals surface area contributed by atoms with Crippen molar-refractivity contribution in [2.75, 3.05) is 24.4 Å². The maximum Gasteiger partial charge on any atom is 0.267 e. The van der Waals surface area contributed by atoms with Gasteiger partial charge in [0.2, 0.25) is 5.95 Å². The summed E-state index contributed by atoms with van der Waals surface area (Å²) in [4.78, 5) is 6.58. The average molecular weight is 495 g/mol.